The third kappa shape index (κ3) is 2.16. The molecule has 4 heteroatoms. The summed E-state index contributed by atoms with van der Waals surface area (Å²) in [7, 11) is 3.78. The van der Waals surface area contributed by atoms with Gasteiger partial charge in [-0.2, -0.15) is 0 Å². The molecule has 1 amide bonds. The Balaban J connectivity index is 1.93. The van der Waals surface area contributed by atoms with Gasteiger partial charge in [0, 0.05) is 26.7 Å². The molecule has 0 radical (unpaired) electrons. The van der Waals surface area contributed by atoms with Gasteiger partial charge in [-0.05, 0) is 19.9 Å². The predicted octanol–water partition coefficient (Wildman–Crippen LogP) is 0.329. The maximum atomic E-state index is 11.9. The monoisotopic (exact) mass is 212 g/mol. The van der Waals surface area contributed by atoms with Crippen LogP contribution >= 0.6 is 0 Å². The zero-order chi connectivity index (χ0) is 10.9. The van der Waals surface area contributed by atoms with Crippen LogP contribution in [0.3, 0.4) is 0 Å². The third-order valence-corrected chi connectivity index (χ3v) is 3.49. The van der Waals surface area contributed by atoms with Gasteiger partial charge in [0.1, 0.15) is 0 Å². The van der Waals surface area contributed by atoms with E-state index in [9.17, 15) is 4.79 Å². The van der Waals surface area contributed by atoms with Crippen LogP contribution in [-0.2, 0) is 9.53 Å². The maximum absolute atomic E-state index is 11.9. The van der Waals surface area contributed by atoms with Crippen molar-refractivity contribution in [2.24, 2.45) is 0 Å². The van der Waals surface area contributed by atoms with Gasteiger partial charge in [0.15, 0.2) is 0 Å². The molecule has 2 fully saturated rings. The van der Waals surface area contributed by atoms with Crippen LogP contribution in [0.4, 0.5) is 0 Å². The van der Waals surface area contributed by atoms with Crippen LogP contribution in [0.25, 0.3) is 0 Å². The number of rotatable bonds is 3. The number of hydrogen-bond acceptors (Lipinski definition) is 3. The van der Waals surface area contributed by atoms with Gasteiger partial charge >= 0.3 is 0 Å². The van der Waals surface area contributed by atoms with Crippen molar-refractivity contribution in [3.63, 3.8) is 0 Å². The van der Waals surface area contributed by atoms with Gasteiger partial charge < -0.3 is 14.5 Å². The molecule has 86 valence electrons. The standard InChI is InChI=1S/C11H20N2O2/c1-12-6-7-13(10(14)3-8-15-2)11(9-12)4-5-11/h3-9H2,1-2H3. The molecule has 15 heavy (non-hydrogen) atoms. The fraction of sp³-hybridized carbons (Fsp3) is 0.909. The van der Waals surface area contributed by atoms with E-state index in [-0.39, 0.29) is 11.4 Å². The van der Waals surface area contributed by atoms with E-state index < -0.39 is 0 Å². The lowest BCUT2D eigenvalue weighted by molar-refractivity contribution is -0.138. The van der Waals surface area contributed by atoms with E-state index in [1.54, 1.807) is 7.11 Å². The van der Waals surface area contributed by atoms with Crippen LogP contribution in [0.1, 0.15) is 19.3 Å². The molecule has 0 aromatic carbocycles. The molecule has 1 spiro atoms. The van der Waals surface area contributed by atoms with Gasteiger partial charge in [0.2, 0.25) is 5.91 Å². The van der Waals surface area contributed by atoms with Crippen LogP contribution < -0.4 is 0 Å². The zero-order valence-corrected chi connectivity index (χ0v) is 9.66. The average molecular weight is 212 g/mol. The SMILES string of the molecule is COCCC(=O)N1CCN(C)CC12CC2. The minimum absolute atomic E-state index is 0.192. The van der Waals surface area contributed by atoms with Crippen LogP contribution in [0.5, 0.6) is 0 Å². The molecule has 1 saturated heterocycles. The van der Waals surface area contributed by atoms with Crippen molar-refractivity contribution >= 4 is 5.91 Å². The fourth-order valence-corrected chi connectivity index (χ4v) is 2.46. The number of methoxy groups -OCH3 is 1. The molecule has 4 nitrogen and oxygen atoms in total. The molecule has 2 aliphatic rings. The molecule has 1 saturated carbocycles. The van der Waals surface area contributed by atoms with Crippen LogP contribution in [0.2, 0.25) is 0 Å². The number of likely N-dealkylation sites (N-methyl/N-ethyl adjacent to an activating group) is 1. The minimum atomic E-state index is 0.192. The number of nitrogens with zero attached hydrogens (tertiary/aromatic N) is 2. The number of hydrogen-bond donors (Lipinski definition) is 0. The smallest absolute Gasteiger partial charge is 0.225 e. The number of carbonyl (C=O) groups excluding carboxylic acids is 1. The van der Waals surface area contributed by atoms with Crippen molar-refractivity contribution < 1.29 is 9.53 Å². The van der Waals surface area contributed by atoms with E-state index in [0.29, 0.717) is 13.0 Å². The molecule has 1 heterocycles. The van der Waals surface area contributed by atoms with E-state index in [4.69, 9.17) is 4.74 Å². The van der Waals surface area contributed by atoms with Gasteiger partial charge in [0.05, 0.1) is 18.6 Å². The van der Waals surface area contributed by atoms with Crippen LogP contribution in [0.15, 0.2) is 0 Å². The molecular weight excluding hydrogens is 192 g/mol. The van der Waals surface area contributed by atoms with Crippen molar-refractivity contribution in [2.45, 2.75) is 24.8 Å². The van der Waals surface area contributed by atoms with Gasteiger partial charge in [-0.3, -0.25) is 4.79 Å². The predicted molar refractivity (Wildman–Crippen MR) is 57.7 cm³/mol. The van der Waals surface area contributed by atoms with E-state index in [2.05, 4.69) is 16.8 Å². The Morgan fingerprint density at radius 2 is 2.13 bits per heavy atom. The molecule has 2 rings (SSSR count). The second kappa shape index (κ2) is 4.10. The highest BCUT2D eigenvalue weighted by Crippen LogP contribution is 2.44. The first-order chi connectivity index (χ1) is 7.18. The Morgan fingerprint density at radius 3 is 2.73 bits per heavy atom. The third-order valence-electron chi connectivity index (χ3n) is 3.49. The number of amides is 1. The summed E-state index contributed by atoms with van der Waals surface area (Å²) in [6, 6.07) is 0. The molecule has 0 unspecified atom stereocenters. The second-order valence-electron chi connectivity index (χ2n) is 4.75. The maximum Gasteiger partial charge on any atom is 0.225 e. The molecule has 0 atom stereocenters. The average Bonchev–Trinajstić information content (AvgIpc) is 2.94. The van der Waals surface area contributed by atoms with Crippen molar-refractivity contribution in [3.8, 4) is 0 Å². The lowest BCUT2D eigenvalue weighted by Crippen LogP contribution is -2.56. The van der Waals surface area contributed by atoms with E-state index >= 15 is 0 Å². The Kier molecular flexibility index (Phi) is 2.98. The minimum Gasteiger partial charge on any atom is -0.384 e. The number of piperazine rings is 1. The quantitative estimate of drug-likeness (QED) is 0.676. The lowest BCUT2D eigenvalue weighted by Gasteiger charge is -2.40. The summed E-state index contributed by atoms with van der Waals surface area (Å²) >= 11 is 0. The molecule has 0 bridgehead atoms. The Labute approximate surface area is 91.2 Å². The summed E-state index contributed by atoms with van der Waals surface area (Å²) in [5.41, 5.74) is 0.192. The van der Waals surface area contributed by atoms with Crippen LogP contribution in [-0.4, -0.2) is 61.6 Å². The van der Waals surface area contributed by atoms with Gasteiger partial charge in [0.25, 0.3) is 0 Å². The highest BCUT2D eigenvalue weighted by atomic mass is 16.5. The molecule has 1 aliphatic carbocycles. The Bertz CT molecular complexity index is 251. The molecule has 1 aliphatic heterocycles. The molecular formula is C11H20N2O2. The first kappa shape index (κ1) is 10.9. The van der Waals surface area contributed by atoms with Gasteiger partial charge in [-0.25, -0.2) is 0 Å². The Hall–Kier alpha value is -0.610. The highest BCUT2D eigenvalue weighted by molar-refractivity contribution is 5.78. The summed E-state index contributed by atoms with van der Waals surface area (Å²) in [6.45, 7) is 3.48. The summed E-state index contributed by atoms with van der Waals surface area (Å²) < 4.78 is 4.96. The van der Waals surface area contributed by atoms with Crippen molar-refractivity contribution in [2.75, 3.05) is 40.4 Å². The summed E-state index contributed by atoms with van der Waals surface area (Å²) in [5.74, 6) is 0.266. The van der Waals surface area contributed by atoms with Crippen LogP contribution in [0, 0.1) is 0 Å². The van der Waals surface area contributed by atoms with Gasteiger partial charge in [-0.1, -0.05) is 0 Å². The van der Waals surface area contributed by atoms with E-state index in [1.807, 2.05) is 0 Å². The molecule has 0 aromatic heterocycles. The number of carbonyl (C=O) groups is 1. The van der Waals surface area contributed by atoms with Crippen molar-refractivity contribution in [1.29, 1.82) is 0 Å². The lowest BCUT2D eigenvalue weighted by atomic mass is 10.1. The topological polar surface area (TPSA) is 32.8 Å². The Morgan fingerprint density at radius 1 is 1.40 bits per heavy atom. The highest BCUT2D eigenvalue weighted by Gasteiger charge is 2.52. The zero-order valence-electron chi connectivity index (χ0n) is 9.66. The second-order valence-corrected chi connectivity index (χ2v) is 4.75. The normalized spacial score (nSPS) is 24.5. The fourth-order valence-electron chi connectivity index (χ4n) is 2.46. The first-order valence-corrected chi connectivity index (χ1v) is 5.66. The van der Waals surface area contributed by atoms with E-state index in [0.717, 1.165) is 19.6 Å². The van der Waals surface area contributed by atoms with Crippen molar-refractivity contribution in [3.05, 3.63) is 0 Å². The first-order valence-electron chi connectivity index (χ1n) is 5.66. The van der Waals surface area contributed by atoms with E-state index in [1.165, 1.54) is 12.8 Å². The number of ether oxygens (including phenoxy) is 1. The van der Waals surface area contributed by atoms with Crippen molar-refractivity contribution in [1.82, 2.24) is 9.80 Å². The van der Waals surface area contributed by atoms with Gasteiger partial charge in [-0.15, -0.1) is 0 Å². The summed E-state index contributed by atoms with van der Waals surface area (Å²) in [6.07, 6.45) is 2.88. The molecule has 0 aromatic rings. The summed E-state index contributed by atoms with van der Waals surface area (Å²) in [4.78, 5) is 16.4. The molecule has 0 N–H and O–H groups in total. The largest absolute Gasteiger partial charge is 0.384 e. The summed E-state index contributed by atoms with van der Waals surface area (Å²) in [5, 5.41) is 0.